The second kappa shape index (κ2) is 7.45. The Kier molecular flexibility index (Phi) is 6.07. The number of hydrogen-bond acceptors (Lipinski definition) is 10. The highest BCUT2D eigenvalue weighted by Crippen LogP contribution is 2.25. The number of hydrogen-bond donors (Lipinski definition) is 7. The van der Waals surface area contributed by atoms with Crippen LogP contribution in [0.1, 0.15) is 0 Å². The number of aliphatic hydroxyl groups is 5. The third kappa shape index (κ3) is 3.41. The molecule has 0 aliphatic carbocycles. The summed E-state index contributed by atoms with van der Waals surface area (Å²) in [6.07, 6.45) is -8.00. The Morgan fingerprint density at radius 1 is 0.955 bits per heavy atom. The largest absolute Gasteiger partial charge is 0.394 e. The molecule has 0 aromatic carbocycles. The standard InChI is InChI=1S/C12H24N2O8/c13-4-3-20-6(2-16)11(8(4)17)22-12-7(14)10(19)9(18)5(1-15)21-12/h4-12,15-19H,1-3,13-14H2/t4?,5?,6?,7?,8-,9-,10-,11-,12-/m0/s1. The van der Waals surface area contributed by atoms with Crippen molar-refractivity contribution in [3.05, 3.63) is 0 Å². The monoisotopic (exact) mass is 324 g/mol. The summed E-state index contributed by atoms with van der Waals surface area (Å²) < 4.78 is 16.1. The molecule has 2 saturated heterocycles. The number of rotatable bonds is 4. The molecule has 2 heterocycles. The predicted molar refractivity (Wildman–Crippen MR) is 71.4 cm³/mol. The maximum atomic E-state index is 10.1. The summed E-state index contributed by atoms with van der Waals surface area (Å²) in [7, 11) is 0. The van der Waals surface area contributed by atoms with Crippen molar-refractivity contribution < 1.29 is 39.7 Å². The first kappa shape index (κ1) is 17.9. The lowest BCUT2D eigenvalue weighted by Crippen LogP contribution is -2.66. The van der Waals surface area contributed by atoms with Gasteiger partial charge in [0, 0.05) is 0 Å². The minimum Gasteiger partial charge on any atom is -0.394 e. The zero-order valence-corrected chi connectivity index (χ0v) is 11.9. The second-order valence-electron chi connectivity index (χ2n) is 5.59. The van der Waals surface area contributed by atoms with E-state index in [4.69, 9.17) is 30.8 Å². The molecule has 2 aliphatic heterocycles. The van der Waals surface area contributed by atoms with E-state index in [0.717, 1.165) is 0 Å². The molecule has 0 bridgehead atoms. The van der Waals surface area contributed by atoms with Crippen LogP contribution in [0, 0.1) is 0 Å². The molecule has 130 valence electrons. The van der Waals surface area contributed by atoms with Crippen LogP contribution in [0.3, 0.4) is 0 Å². The minimum atomic E-state index is -1.38. The van der Waals surface area contributed by atoms with Gasteiger partial charge in [-0.25, -0.2) is 0 Å². The molecule has 9 N–H and O–H groups in total. The molecule has 0 spiro atoms. The minimum absolute atomic E-state index is 0.0600. The molecule has 10 heteroatoms. The molecule has 22 heavy (non-hydrogen) atoms. The molecule has 0 radical (unpaired) electrons. The first-order chi connectivity index (χ1) is 10.4. The van der Waals surface area contributed by atoms with E-state index in [1.54, 1.807) is 0 Å². The van der Waals surface area contributed by atoms with E-state index in [-0.39, 0.29) is 6.61 Å². The molecule has 4 unspecified atom stereocenters. The van der Waals surface area contributed by atoms with E-state index in [9.17, 15) is 20.4 Å². The van der Waals surface area contributed by atoms with Gasteiger partial charge in [-0.3, -0.25) is 0 Å². The molecule has 0 aromatic rings. The van der Waals surface area contributed by atoms with Crippen molar-refractivity contribution in [2.45, 2.75) is 55.0 Å². The summed E-state index contributed by atoms with van der Waals surface area (Å²) >= 11 is 0. The molecule has 2 rings (SSSR count). The lowest BCUT2D eigenvalue weighted by atomic mass is 9.96. The fraction of sp³-hybridized carbons (Fsp3) is 1.00. The molecule has 2 aliphatic rings. The SMILES string of the molecule is NC1[C@H](O[C@H]2C(CO)OCC(N)[C@@H]2O)OC(CO)[C@H](O)[C@H]1O. The van der Waals surface area contributed by atoms with Crippen LogP contribution >= 0.6 is 0 Å². The summed E-state index contributed by atoms with van der Waals surface area (Å²) in [5, 5.41) is 48.1. The van der Waals surface area contributed by atoms with Crippen LogP contribution in [0.4, 0.5) is 0 Å². The zero-order chi connectivity index (χ0) is 16.4. The van der Waals surface area contributed by atoms with Crippen LogP contribution in [-0.2, 0) is 14.2 Å². The molecule has 0 saturated carbocycles. The molecular weight excluding hydrogens is 300 g/mol. The molecule has 10 nitrogen and oxygen atoms in total. The van der Waals surface area contributed by atoms with Gasteiger partial charge in [-0.15, -0.1) is 0 Å². The van der Waals surface area contributed by atoms with E-state index in [0.29, 0.717) is 0 Å². The van der Waals surface area contributed by atoms with Gasteiger partial charge in [0.05, 0.1) is 31.9 Å². The molecule has 9 atom stereocenters. The van der Waals surface area contributed by atoms with Crippen molar-refractivity contribution >= 4 is 0 Å². The smallest absolute Gasteiger partial charge is 0.176 e. The van der Waals surface area contributed by atoms with E-state index in [2.05, 4.69) is 0 Å². The average molecular weight is 324 g/mol. The van der Waals surface area contributed by atoms with E-state index in [1.165, 1.54) is 0 Å². The van der Waals surface area contributed by atoms with Gasteiger partial charge >= 0.3 is 0 Å². The van der Waals surface area contributed by atoms with E-state index >= 15 is 0 Å². The highest BCUT2D eigenvalue weighted by atomic mass is 16.7. The Morgan fingerprint density at radius 3 is 2.18 bits per heavy atom. The predicted octanol–water partition coefficient (Wildman–Crippen LogP) is -4.78. The first-order valence-corrected chi connectivity index (χ1v) is 7.10. The fourth-order valence-electron chi connectivity index (χ4n) is 2.60. The van der Waals surface area contributed by atoms with Crippen LogP contribution < -0.4 is 11.5 Å². The quantitative estimate of drug-likeness (QED) is 0.265. The third-order valence-electron chi connectivity index (χ3n) is 4.04. The third-order valence-corrected chi connectivity index (χ3v) is 4.04. The lowest BCUT2D eigenvalue weighted by Gasteiger charge is -2.45. The van der Waals surface area contributed by atoms with E-state index < -0.39 is 68.2 Å². The second-order valence-corrected chi connectivity index (χ2v) is 5.59. The van der Waals surface area contributed by atoms with Gasteiger partial charge < -0.3 is 51.2 Å². The van der Waals surface area contributed by atoms with Gasteiger partial charge in [-0.05, 0) is 0 Å². The van der Waals surface area contributed by atoms with Gasteiger partial charge in [-0.2, -0.15) is 0 Å². The van der Waals surface area contributed by atoms with Gasteiger partial charge in [0.2, 0.25) is 0 Å². The van der Waals surface area contributed by atoms with Crippen molar-refractivity contribution in [1.82, 2.24) is 0 Å². The number of nitrogens with two attached hydrogens (primary N) is 2. The zero-order valence-electron chi connectivity index (χ0n) is 11.9. The van der Waals surface area contributed by atoms with Crippen LogP contribution in [-0.4, -0.2) is 100 Å². The summed E-state index contributed by atoms with van der Waals surface area (Å²) in [6.45, 7) is -0.896. The fourth-order valence-corrected chi connectivity index (χ4v) is 2.60. The Bertz CT molecular complexity index is 358. The molecule has 2 fully saturated rings. The summed E-state index contributed by atoms with van der Waals surface area (Å²) in [5.41, 5.74) is 11.4. The molecular formula is C12H24N2O8. The van der Waals surface area contributed by atoms with Crippen molar-refractivity contribution in [3.63, 3.8) is 0 Å². The Hall–Kier alpha value is -0.400. The van der Waals surface area contributed by atoms with Crippen LogP contribution in [0.15, 0.2) is 0 Å². The van der Waals surface area contributed by atoms with Crippen molar-refractivity contribution in [2.75, 3.05) is 19.8 Å². The topological polar surface area (TPSA) is 181 Å². The Labute approximate surface area is 127 Å². The van der Waals surface area contributed by atoms with Gasteiger partial charge in [-0.1, -0.05) is 0 Å². The van der Waals surface area contributed by atoms with E-state index in [1.807, 2.05) is 0 Å². The summed E-state index contributed by atoms with van der Waals surface area (Å²) in [6, 6.07) is -1.82. The lowest BCUT2D eigenvalue weighted by molar-refractivity contribution is -0.305. The van der Waals surface area contributed by atoms with Gasteiger partial charge in [0.1, 0.15) is 36.6 Å². The summed E-state index contributed by atoms with van der Waals surface area (Å²) in [5.74, 6) is 0. The molecule has 0 amide bonds. The van der Waals surface area contributed by atoms with Gasteiger partial charge in [0.25, 0.3) is 0 Å². The van der Waals surface area contributed by atoms with Crippen LogP contribution in [0.2, 0.25) is 0 Å². The van der Waals surface area contributed by atoms with Crippen LogP contribution in [0.5, 0.6) is 0 Å². The average Bonchev–Trinajstić information content (AvgIpc) is 2.52. The highest BCUT2D eigenvalue weighted by Gasteiger charge is 2.47. The maximum Gasteiger partial charge on any atom is 0.176 e. The summed E-state index contributed by atoms with van der Waals surface area (Å²) in [4.78, 5) is 0. The van der Waals surface area contributed by atoms with Crippen molar-refractivity contribution in [3.8, 4) is 0 Å². The van der Waals surface area contributed by atoms with Crippen LogP contribution in [0.25, 0.3) is 0 Å². The first-order valence-electron chi connectivity index (χ1n) is 7.10. The Balaban J connectivity index is 2.09. The highest BCUT2D eigenvalue weighted by molar-refractivity contribution is 4.95. The van der Waals surface area contributed by atoms with Gasteiger partial charge in [0.15, 0.2) is 6.29 Å². The normalized spacial score (nSPS) is 50.0. The molecule has 0 aromatic heterocycles. The number of aliphatic hydroxyl groups excluding tert-OH is 5. The van der Waals surface area contributed by atoms with Crippen molar-refractivity contribution in [2.24, 2.45) is 11.5 Å². The maximum absolute atomic E-state index is 10.1. The number of ether oxygens (including phenoxy) is 3. The van der Waals surface area contributed by atoms with Crippen molar-refractivity contribution in [1.29, 1.82) is 0 Å². The Morgan fingerprint density at radius 2 is 1.59 bits per heavy atom.